The minimum Gasteiger partial charge on any atom is -0.508 e. The monoisotopic (exact) mass is 268 g/mol. The maximum Gasteiger partial charge on any atom is 0.573 e. The highest BCUT2D eigenvalue weighted by Gasteiger charge is 2.31. The molecule has 0 amide bonds. The van der Waals surface area contributed by atoms with Crippen LogP contribution in [0.1, 0.15) is 16.8 Å². The lowest BCUT2D eigenvalue weighted by molar-refractivity contribution is -0.274. The summed E-state index contributed by atoms with van der Waals surface area (Å²) in [5.74, 6) is -1.55. The van der Waals surface area contributed by atoms with Crippen LogP contribution in [-0.4, -0.2) is 23.1 Å². The molecule has 7 heteroatoms. The zero-order chi connectivity index (χ0) is 13.1. The highest BCUT2D eigenvalue weighted by molar-refractivity contribution is 6.19. The molecule has 1 aromatic rings. The molecule has 1 aromatic carbocycles. The average Bonchev–Trinajstić information content (AvgIpc) is 2.14. The summed E-state index contributed by atoms with van der Waals surface area (Å²) in [6.45, 7) is 0. The lowest BCUT2D eigenvalue weighted by atomic mass is 10.1. The second kappa shape index (κ2) is 5.27. The Bertz CT molecular complexity index is 418. The van der Waals surface area contributed by atoms with Gasteiger partial charge in [0.15, 0.2) is 5.78 Å². The van der Waals surface area contributed by atoms with Crippen LogP contribution in [-0.2, 0) is 0 Å². The Hall–Kier alpha value is -1.43. The number of alkyl halides is 4. The van der Waals surface area contributed by atoms with Gasteiger partial charge in [0.05, 0.1) is 0 Å². The van der Waals surface area contributed by atoms with Gasteiger partial charge in [-0.3, -0.25) is 4.79 Å². The summed E-state index contributed by atoms with van der Waals surface area (Å²) in [4.78, 5) is 11.4. The molecule has 0 unspecified atom stereocenters. The van der Waals surface area contributed by atoms with Crippen molar-refractivity contribution in [1.29, 1.82) is 0 Å². The van der Waals surface area contributed by atoms with Gasteiger partial charge in [0, 0.05) is 23.9 Å². The molecule has 3 nitrogen and oxygen atoms in total. The topological polar surface area (TPSA) is 46.5 Å². The number of rotatable bonds is 4. The number of carbonyl (C=O) groups is 1. The molecular formula is C10H8ClF3O3. The van der Waals surface area contributed by atoms with Gasteiger partial charge in [0.2, 0.25) is 0 Å². The second-order valence-corrected chi connectivity index (χ2v) is 3.50. The first kappa shape index (κ1) is 13.6. The molecule has 1 rings (SSSR count). The predicted octanol–water partition coefficient (Wildman–Crippen LogP) is 3.10. The Morgan fingerprint density at radius 2 is 2.00 bits per heavy atom. The molecule has 94 valence electrons. The fourth-order valence-corrected chi connectivity index (χ4v) is 1.34. The van der Waals surface area contributed by atoms with Crippen LogP contribution in [0.5, 0.6) is 11.5 Å². The van der Waals surface area contributed by atoms with Crippen LogP contribution in [0.15, 0.2) is 18.2 Å². The molecular weight excluding hydrogens is 261 g/mol. The van der Waals surface area contributed by atoms with E-state index in [1.165, 1.54) is 0 Å². The third-order valence-corrected chi connectivity index (χ3v) is 1.96. The zero-order valence-corrected chi connectivity index (χ0v) is 9.18. The van der Waals surface area contributed by atoms with E-state index in [0.29, 0.717) is 0 Å². The molecule has 17 heavy (non-hydrogen) atoms. The van der Waals surface area contributed by atoms with E-state index in [-0.39, 0.29) is 17.9 Å². The quantitative estimate of drug-likeness (QED) is 0.674. The lowest BCUT2D eigenvalue weighted by Gasteiger charge is -2.10. The highest BCUT2D eigenvalue weighted by atomic mass is 35.5. The fourth-order valence-electron chi connectivity index (χ4n) is 1.17. The van der Waals surface area contributed by atoms with E-state index in [0.717, 1.165) is 18.2 Å². The first-order valence-corrected chi connectivity index (χ1v) is 5.04. The van der Waals surface area contributed by atoms with Gasteiger partial charge in [0.1, 0.15) is 11.5 Å². The Morgan fingerprint density at radius 3 is 2.53 bits per heavy atom. The third-order valence-electron chi connectivity index (χ3n) is 1.77. The van der Waals surface area contributed by atoms with Gasteiger partial charge < -0.3 is 9.84 Å². The largest absolute Gasteiger partial charge is 0.573 e. The Balaban J connectivity index is 2.98. The molecule has 0 aromatic heterocycles. The van der Waals surface area contributed by atoms with Crippen molar-refractivity contribution < 1.29 is 27.8 Å². The van der Waals surface area contributed by atoms with E-state index in [1.807, 2.05) is 0 Å². The first-order chi connectivity index (χ1) is 7.81. The van der Waals surface area contributed by atoms with Gasteiger partial charge in [-0.2, -0.15) is 0 Å². The number of aromatic hydroxyl groups is 1. The summed E-state index contributed by atoms with van der Waals surface area (Å²) in [5.41, 5.74) is -0.0788. The Labute approximate surface area is 99.8 Å². The summed E-state index contributed by atoms with van der Waals surface area (Å²) in [6, 6.07) is 2.73. The zero-order valence-electron chi connectivity index (χ0n) is 8.42. The van der Waals surface area contributed by atoms with E-state index < -0.39 is 23.6 Å². The molecule has 0 fully saturated rings. The second-order valence-electron chi connectivity index (χ2n) is 3.13. The maximum absolute atomic E-state index is 11.9. The summed E-state index contributed by atoms with van der Waals surface area (Å²) in [5, 5.41) is 9.18. The van der Waals surface area contributed by atoms with Gasteiger partial charge in [-0.15, -0.1) is 24.8 Å². The number of ether oxygens (including phenoxy) is 1. The van der Waals surface area contributed by atoms with Crippen molar-refractivity contribution in [3.8, 4) is 11.5 Å². The maximum atomic E-state index is 11.9. The molecule has 0 spiro atoms. The number of ketones is 1. The van der Waals surface area contributed by atoms with E-state index in [4.69, 9.17) is 11.6 Å². The van der Waals surface area contributed by atoms with Crippen LogP contribution >= 0.6 is 11.6 Å². The standard InChI is InChI=1S/C10H8ClF3O3/c11-2-1-9(16)6-3-7(15)5-8(4-6)17-10(12,13)14/h3-5,15H,1-2H2. The van der Waals surface area contributed by atoms with E-state index >= 15 is 0 Å². The van der Waals surface area contributed by atoms with Crippen LogP contribution in [0.4, 0.5) is 13.2 Å². The number of hydrogen-bond acceptors (Lipinski definition) is 3. The van der Waals surface area contributed by atoms with Crippen molar-refractivity contribution in [3.05, 3.63) is 23.8 Å². The van der Waals surface area contributed by atoms with Gasteiger partial charge in [-0.25, -0.2) is 0 Å². The van der Waals surface area contributed by atoms with Gasteiger partial charge in [-0.05, 0) is 12.1 Å². The molecule has 0 saturated carbocycles. The number of Topliss-reactive ketones (excluding diaryl/α,β-unsaturated/α-hetero) is 1. The lowest BCUT2D eigenvalue weighted by Crippen LogP contribution is -2.17. The Kier molecular flexibility index (Phi) is 4.22. The number of phenols is 1. The van der Waals surface area contributed by atoms with Crippen molar-refractivity contribution in [3.63, 3.8) is 0 Å². The first-order valence-electron chi connectivity index (χ1n) is 4.51. The normalized spacial score (nSPS) is 11.3. The summed E-state index contributed by atoms with van der Waals surface area (Å²) in [6.07, 6.45) is -4.91. The van der Waals surface area contributed by atoms with Crippen molar-refractivity contribution in [2.45, 2.75) is 12.8 Å². The number of benzene rings is 1. The molecule has 0 bridgehead atoms. The van der Waals surface area contributed by atoms with Crippen LogP contribution in [0.25, 0.3) is 0 Å². The minimum atomic E-state index is -4.87. The van der Waals surface area contributed by atoms with Crippen LogP contribution < -0.4 is 4.74 Å². The molecule has 0 aliphatic carbocycles. The number of halogens is 4. The Morgan fingerprint density at radius 1 is 1.35 bits per heavy atom. The number of carbonyl (C=O) groups excluding carboxylic acids is 1. The summed E-state index contributed by atoms with van der Waals surface area (Å²) >= 11 is 5.34. The minimum absolute atomic E-state index is 0.0313. The number of hydrogen-bond donors (Lipinski definition) is 1. The van der Waals surface area contributed by atoms with Crippen molar-refractivity contribution in [2.75, 3.05) is 5.88 Å². The fraction of sp³-hybridized carbons (Fsp3) is 0.300. The van der Waals surface area contributed by atoms with Crippen molar-refractivity contribution >= 4 is 17.4 Å². The summed E-state index contributed by atoms with van der Waals surface area (Å²) < 4.78 is 39.4. The molecule has 1 N–H and O–H groups in total. The molecule has 0 heterocycles. The van der Waals surface area contributed by atoms with Gasteiger partial charge >= 0.3 is 6.36 Å². The molecule has 0 aliphatic rings. The summed E-state index contributed by atoms with van der Waals surface area (Å²) in [7, 11) is 0. The van der Waals surface area contributed by atoms with E-state index in [9.17, 15) is 23.1 Å². The van der Waals surface area contributed by atoms with Crippen molar-refractivity contribution in [2.24, 2.45) is 0 Å². The average molecular weight is 269 g/mol. The molecule has 0 saturated heterocycles. The van der Waals surface area contributed by atoms with Gasteiger partial charge in [-0.1, -0.05) is 0 Å². The van der Waals surface area contributed by atoms with E-state index in [2.05, 4.69) is 4.74 Å². The highest BCUT2D eigenvalue weighted by Crippen LogP contribution is 2.28. The SMILES string of the molecule is O=C(CCCl)c1cc(O)cc(OC(F)(F)F)c1. The molecule has 0 radical (unpaired) electrons. The van der Waals surface area contributed by atoms with Crippen LogP contribution in [0.3, 0.4) is 0 Å². The molecule has 0 atom stereocenters. The van der Waals surface area contributed by atoms with Crippen molar-refractivity contribution in [1.82, 2.24) is 0 Å². The van der Waals surface area contributed by atoms with Gasteiger partial charge in [0.25, 0.3) is 0 Å². The third kappa shape index (κ3) is 4.52. The molecule has 0 aliphatic heterocycles. The van der Waals surface area contributed by atoms with Crippen LogP contribution in [0.2, 0.25) is 0 Å². The van der Waals surface area contributed by atoms with Crippen LogP contribution in [0, 0.1) is 0 Å². The predicted molar refractivity (Wildman–Crippen MR) is 54.5 cm³/mol. The van der Waals surface area contributed by atoms with E-state index in [1.54, 1.807) is 0 Å². The number of phenolic OH excluding ortho intramolecular Hbond substituents is 1. The smallest absolute Gasteiger partial charge is 0.508 e.